The molecule has 1 aromatic heterocycles. The van der Waals surface area contributed by atoms with Crippen LogP contribution in [0.2, 0.25) is 0 Å². The van der Waals surface area contributed by atoms with Crippen molar-refractivity contribution in [1.29, 1.82) is 0 Å². The van der Waals surface area contributed by atoms with Crippen LogP contribution in [0.4, 0.5) is 18.9 Å². The minimum Gasteiger partial charge on any atom is -0.398 e. The number of nitrogens with two attached hydrogens (primary N) is 1. The second-order valence-corrected chi connectivity index (χ2v) is 5.35. The van der Waals surface area contributed by atoms with Gasteiger partial charge in [0.2, 0.25) is 0 Å². The molecule has 1 aromatic carbocycles. The maximum atomic E-state index is 12.7. The molecule has 0 saturated carbocycles. The zero-order chi connectivity index (χ0) is 15.7. The summed E-state index contributed by atoms with van der Waals surface area (Å²) in [5.74, 6) is 0. The summed E-state index contributed by atoms with van der Waals surface area (Å²) in [4.78, 5) is 0. The molecule has 2 N–H and O–H groups in total. The predicted molar refractivity (Wildman–Crippen MR) is 76.2 cm³/mol. The average Bonchev–Trinajstić information content (AvgIpc) is 2.96. The van der Waals surface area contributed by atoms with Crippen molar-refractivity contribution in [3.63, 3.8) is 0 Å². The molecular weight excluding hydrogens is 295 g/mol. The van der Waals surface area contributed by atoms with Gasteiger partial charge in [-0.05, 0) is 25.0 Å². The quantitative estimate of drug-likeness (QED) is 0.864. The molecule has 1 aliphatic rings. The van der Waals surface area contributed by atoms with E-state index >= 15 is 0 Å². The van der Waals surface area contributed by atoms with Crippen molar-refractivity contribution >= 4 is 5.69 Å². The van der Waals surface area contributed by atoms with Gasteiger partial charge < -0.3 is 10.5 Å². The van der Waals surface area contributed by atoms with Gasteiger partial charge in [-0.2, -0.15) is 18.3 Å². The van der Waals surface area contributed by atoms with Gasteiger partial charge in [0.15, 0.2) is 0 Å². The van der Waals surface area contributed by atoms with E-state index in [1.165, 1.54) is 6.07 Å². The fourth-order valence-corrected chi connectivity index (χ4v) is 2.63. The fourth-order valence-electron chi connectivity index (χ4n) is 2.63. The van der Waals surface area contributed by atoms with Crippen molar-refractivity contribution in [2.45, 2.75) is 25.1 Å². The van der Waals surface area contributed by atoms with Crippen LogP contribution in [-0.4, -0.2) is 23.0 Å². The molecule has 1 fully saturated rings. The van der Waals surface area contributed by atoms with E-state index in [2.05, 4.69) is 5.10 Å². The lowest BCUT2D eigenvalue weighted by molar-refractivity contribution is -0.137. The summed E-state index contributed by atoms with van der Waals surface area (Å²) in [6.07, 6.45) is 0.829. The van der Waals surface area contributed by atoms with Gasteiger partial charge >= 0.3 is 6.18 Å². The predicted octanol–water partition coefficient (Wildman–Crippen LogP) is 3.50. The zero-order valence-corrected chi connectivity index (χ0v) is 11.8. The maximum Gasteiger partial charge on any atom is 0.416 e. The van der Waals surface area contributed by atoms with Crippen molar-refractivity contribution in [1.82, 2.24) is 9.78 Å². The highest BCUT2D eigenvalue weighted by Gasteiger charge is 2.31. The first-order valence-electron chi connectivity index (χ1n) is 7.04. The van der Waals surface area contributed by atoms with E-state index < -0.39 is 11.7 Å². The fraction of sp³-hybridized carbons (Fsp3) is 0.400. The number of rotatable bonds is 2. The minimum absolute atomic E-state index is 0.0985. The van der Waals surface area contributed by atoms with E-state index in [1.54, 1.807) is 6.20 Å². The van der Waals surface area contributed by atoms with E-state index in [0.717, 1.165) is 30.5 Å². The molecule has 2 heterocycles. The number of alkyl halides is 3. The summed E-state index contributed by atoms with van der Waals surface area (Å²) >= 11 is 0. The molecule has 118 valence electrons. The van der Waals surface area contributed by atoms with E-state index in [0.29, 0.717) is 18.8 Å². The Labute approximate surface area is 125 Å². The summed E-state index contributed by atoms with van der Waals surface area (Å²) in [6.45, 7) is 1.39. The van der Waals surface area contributed by atoms with Gasteiger partial charge in [-0.25, -0.2) is 0 Å². The molecule has 0 aliphatic carbocycles. The molecule has 0 amide bonds. The molecule has 0 bridgehead atoms. The summed E-state index contributed by atoms with van der Waals surface area (Å²) in [6, 6.07) is 3.65. The molecule has 4 nitrogen and oxygen atoms in total. The van der Waals surface area contributed by atoms with Gasteiger partial charge in [-0.1, -0.05) is 6.07 Å². The van der Waals surface area contributed by atoms with Gasteiger partial charge in [0.1, 0.15) is 0 Å². The van der Waals surface area contributed by atoms with E-state index in [9.17, 15) is 13.2 Å². The van der Waals surface area contributed by atoms with E-state index in [1.807, 2.05) is 10.9 Å². The second kappa shape index (κ2) is 5.64. The Morgan fingerprint density at radius 3 is 2.59 bits per heavy atom. The molecule has 2 aromatic rings. The molecule has 1 aliphatic heterocycles. The lowest BCUT2D eigenvalue weighted by Gasteiger charge is -2.22. The highest BCUT2D eigenvalue weighted by molar-refractivity contribution is 5.76. The molecule has 22 heavy (non-hydrogen) atoms. The Kier molecular flexibility index (Phi) is 3.82. The van der Waals surface area contributed by atoms with Crippen LogP contribution in [0.25, 0.3) is 11.1 Å². The monoisotopic (exact) mass is 311 g/mol. The third-order valence-electron chi connectivity index (χ3n) is 3.86. The van der Waals surface area contributed by atoms with Crippen molar-refractivity contribution in [2.24, 2.45) is 0 Å². The van der Waals surface area contributed by atoms with Crippen LogP contribution in [0.15, 0.2) is 30.6 Å². The Morgan fingerprint density at radius 2 is 1.95 bits per heavy atom. The normalized spacial score (nSPS) is 16.9. The number of nitrogens with zero attached hydrogens (tertiary/aromatic N) is 2. The SMILES string of the molecule is Nc1cc(C(F)(F)F)ccc1-c1cnn(C2CCOCC2)c1. The summed E-state index contributed by atoms with van der Waals surface area (Å²) in [7, 11) is 0. The lowest BCUT2D eigenvalue weighted by Crippen LogP contribution is -2.19. The second-order valence-electron chi connectivity index (χ2n) is 5.35. The number of ether oxygens (including phenoxy) is 1. The van der Waals surface area contributed by atoms with Crippen molar-refractivity contribution in [2.75, 3.05) is 18.9 Å². The highest BCUT2D eigenvalue weighted by atomic mass is 19.4. The molecular formula is C15H16F3N3O. The summed E-state index contributed by atoms with van der Waals surface area (Å²) < 4.78 is 45.1. The third-order valence-corrected chi connectivity index (χ3v) is 3.86. The van der Waals surface area contributed by atoms with Crippen LogP contribution in [0.5, 0.6) is 0 Å². The van der Waals surface area contributed by atoms with E-state index in [4.69, 9.17) is 10.5 Å². The number of nitrogen functional groups attached to an aromatic ring is 1. The number of hydrogen-bond donors (Lipinski definition) is 1. The summed E-state index contributed by atoms with van der Waals surface area (Å²) in [5, 5.41) is 4.31. The first-order chi connectivity index (χ1) is 10.4. The van der Waals surface area contributed by atoms with Gasteiger partial charge in [0.05, 0.1) is 17.8 Å². The molecule has 0 spiro atoms. The van der Waals surface area contributed by atoms with Crippen LogP contribution in [0.3, 0.4) is 0 Å². The number of anilines is 1. The number of hydrogen-bond acceptors (Lipinski definition) is 3. The average molecular weight is 311 g/mol. The lowest BCUT2D eigenvalue weighted by atomic mass is 10.0. The number of benzene rings is 1. The standard InChI is InChI=1S/C15H16F3N3O/c16-15(17,18)11-1-2-13(14(19)7-11)10-8-20-21(9-10)12-3-5-22-6-4-12/h1-2,7-9,12H,3-6,19H2. The maximum absolute atomic E-state index is 12.7. The Hall–Kier alpha value is -2.02. The molecule has 1 saturated heterocycles. The molecule has 0 unspecified atom stereocenters. The third kappa shape index (κ3) is 2.94. The smallest absolute Gasteiger partial charge is 0.398 e. The van der Waals surface area contributed by atoms with Crippen LogP contribution >= 0.6 is 0 Å². The Morgan fingerprint density at radius 1 is 1.23 bits per heavy atom. The molecule has 0 radical (unpaired) electrons. The first kappa shape index (κ1) is 14.9. The van der Waals surface area contributed by atoms with Crippen LogP contribution in [0, 0.1) is 0 Å². The number of aromatic nitrogens is 2. The molecule has 0 atom stereocenters. The van der Waals surface area contributed by atoms with Crippen LogP contribution in [-0.2, 0) is 10.9 Å². The zero-order valence-electron chi connectivity index (χ0n) is 11.8. The Bertz CT molecular complexity index is 660. The highest BCUT2D eigenvalue weighted by Crippen LogP contribution is 2.35. The van der Waals surface area contributed by atoms with Crippen LogP contribution < -0.4 is 5.73 Å². The van der Waals surface area contributed by atoms with Gasteiger partial charge in [0, 0.05) is 36.2 Å². The van der Waals surface area contributed by atoms with Crippen LogP contribution in [0.1, 0.15) is 24.4 Å². The van der Waals surface area contributed by atoms with E-state index in [-0.39, 0.29) is 11.7 Å². The molecule has 7 heteroatoms. The first-order valence-corrected chi connectivity index (χ1v) is 7.04. The van der Waals surface area contributed by atoms with Crippen molar-refractivity contribution in [3.05, 3.63) is 36.2 Å². The number of halogens is 3. The minimum atomic E-state index is -4.39. The largest absolute Gasteiger partial charge is 0.416 e. The summed E-state index contributed by atoms with van der Waals surface area (Å²) in [5.41, 5.74) is 6.42. The van der Waals surface area contributed by atoms with Gasteiger partial charge in [0.25, 0.3) is 0 Å². The van der Waals surface area contributed by atoms with Crippen molar-refractivity contribution in [3.8, 4) is 11.1 Å². The van der Waals surface area contributed by atoms with Gasteiger partial charge in [-0.3, -0.25) is 4.68 Å². The Balaban J connectivity index is 1.87. The van der Waals surface area contributed by atoms with Gasteiger partial charge in [-0.15, -0.1) is 0 Å². The van der Waals surface area contributed by atoms with Crippen molar-refractivity contribution < 1.29 is 17.9 Å². The molecule has 3 rings (SSSR count). The topological polar surface area (TPSA) is 53.1 Å².